The first-order valence-electron chi connectivity index (χ1n) is 10.1. The molecule has 35 heavy (non-hydrogen) atoms. The van der Waals surface area contributed by atoms with Crippen LogP contribution in [-0.4, -0.2) is 35.5 Å². The van der Waals surface area contributed by atoms with Gasteiger partial charge in [0.05, 0.1) is 23.4 Å². The number of rotatable bonds is 6. The fourth-order valence-corrected chi connectivity index (χ4v) is 3.96. The van der Waals surface area contributed by atoms with Crippen LogP contribution in [0.1, 0.15) is 54.0 Å². The van der Waals surface area contributed by atoms with E-state index in [1.54, 1.807) is 13.8 Å². The van der Waals surface area contributed by atoms with Gasteiger partial charge in [-0.3, -0.25) is 9.78 Å². The van der Waals surface area contributed by atoms with Gasteiger partial charge in [0.25, 0.3) is 5.91 Å². The summed E-state index contributed by atoms with van der Waals surface area (Å²) in [4.78, 5) is 21.3. The number of hydrogen-bond donors (Lipinski definition) is 1. The molecule has 0 radical (unpaired) electrons. The van der Waals surface area contributed by atoms with Crippen LogP contribution in [0.3, 0.4) is 0 Å². The molecule has 0 bridgehead atoms. The molecule has 0 spiro atoms. The zero-order chi connectivity index (χ0) is 26.1. The molecular formula is C21H19F6N5O2S. The molecule has 2 atom stereocenters. The maximum absolute atomic E-state index is 13.1. The van der Waals surface area contributed by atoms with Crippen molar-refractivity contribution < 1.29 is 35.7 Å². The summed E-state index contributed by atoms with van der Waals surface area (Å²) in [5.41, 5.74) is -3.90. The van der Waals surface area contributed by atoms with Crippen molar-refractivity contribution >= 4 is 17.1 Å². The van der Waals surface area contributed by atoms with E-state index in [1.807, 2.05) is 0 Å². The molecule has 1 amide bonds. The maximum Gasteiger partial charge on any atom is 0.416 e. The molecule has 7 nitrogen and oxygen atoms in total. The normalized spacial score (nSPS) is 14.1. The highest BCUT2D eigenvalue weighted by atomic mass is 32.2. The van der Waals surface area contributed by atoms with Crippen molar-refractivity contribution in [2.24, 2.45) is 0 Å². The molecule has 2 heterocycles. The molecule has 2 aromatic heterocycles. The van der Waals surface area contributed by atoms with Crippen LogP contribution >= 0.6 is 0 Å². The van der Waals surface area contributed by atoms with E-state index < -0.39 is 52.2 Å². The quantitative estimate of drug-likeness (QED) is 0.376. The Labute approximate surface area is 198 Å². The van der Waals surface area contributed by atoms with E-state index in [0.29, 0.717) is 17.0 Å². The molecule has 188 valence electrons. The van der Waals surface area contributed by atoms with Gasteiger partial charge in [-0.25, -0.2) is 9.67 Å². The first kappa shape index (κ1) is 26.5. The van der Waals surface area contributed by atoms with Crippen molar-refractivity contribution in [3.63, 3.8) is 0 Å². The summed E-state index contributed by atoms with van der Waals surface area (Å²) in [5, 5.41) is 6.28. The van der Waals surface area contributed by atoms with Crippen LogP contribution in [0.25, 0.3) is 5.82 Å². The molecule has 0 aliphatic carbocycles. The molecule has 3 aromatic rings. The van der Waals surface area contributed by atoms with Crippen molar-refractivity contribution in [2.45, 2.75) is 49.3 Å². The highest BCUT2D eigenvalue weighted by molar-refractivity contribution is 7.92. The van der Waals surface area contributed by atoms with Gasteiger partial charge >= 0.3 is 12.4 Å². The summed E-state index contributed by atoms with van der Waals surface area (Å²) >= 11 is -1.34. The van der Waals surface area contributed by atoms with Crippen molar-refractivity contribution in [2.75, 3.05) is 0 Å². The Morgan fingerprint density at radius 2 is 1.57 bits per heavy atom. The zero-order valence-electron chi connectivity index (χ0n) is 18.5. The van der Waals surface area contributed by atoms with Crippen LogP contribution in [0, 0.1) is 0 Å². The second-order valence-electron chi connectivity index (χ2n) is 7.72. The van der Waals surface area contributed by atoms with Gasteiger partial charge in [-0.15, -0.1) is 0 Å². The summed E-state index contributed by atoms with van der Waals surface area (Å²) in [6.45, 7) is 4.95. The second-order valence-corrected chi connectivity index (χ2v) is 9.73. The average molecular weight is 519 g/mol. The molecule has 2 unspecified atom stereocenters. The predicted molar refractivity (Wildman–Crippen MR) is 113 cm³/mol. The smallest absolute Gasteiger partial charge is 0.416 e. The van der Waals surface area contributed by atoms with Gasteiger partial charge in [0.1, 0.15) is 17.1 Å². The van der Waals surface area contributed by atoms with Crippen molar-refractivity contribution in [1.29, 1.82) is 0 Å². The summed E-state index contributed by atoms with van der Waals surface area (Å²) in [7, 11) is 0. The molecule has 0 aliphatic heterocycles. The monoisotopic (exact) mass is 519 g/mol. The van der Waals surface area contributed by atoms with Crippen LogP contribution in [0.15, 0.2) is 47.9 Å². The van der Waals surface area contributed by atoms with Crippen molar-refractivity contribution in [3.05, 3.63) is 65.4 Å². The highest BCUT2D eigenvalue weighted by Crippen LogP contribution is 2.36. The van der Waals surface area contributed by atoms with E-state index in [-0.39, 0.29) is 22.8 Å². The topological polar surface area (TPSA) is 95.8 Å². The molecule has 3 rings (SSSR count). The molecule has 1 N–H and O–H groups in total. The van der Waals surface area contributed by atoms with Gasteiger partial charge in [-0.1, -0.05) is 0 Å². The van der Waals surface area contributed by atoms with E-state index >= 15 is 0 Å². The largest absolute Gasteiger partial charge is 0.611 e. The lowest BCUT2D eigenvalue weighted by atomic mass is 10.0. The minimum absolute atomic E-state index is 0.0582. The maximum atomic E-state index is 13.1. The Balaban J connectivity index is 1.92. The zero-order valence-corrected chi connectivity index (χ0v) is 19.3. The van der Waals surface area contributed by atoms with E-state index in [4.69, 9.17) is 0 Å². The lowest BCUT2D eigenvalue weighted by Crippen LogP contribution is -2.29. The predicted octanol–water partition coefficient (Wildman–Crippen LogP) is 4.71. The van der Waals surface area contributed by atoms with Crippen LogP contribution < -0.4 is 5.32 Å². The van der Waals surface area contributed by atoms with Gasteiger partial charge in [0.15, 0.2) is 10.7 Å². The number of alkyl halides is 6. The molecule has 0 saturated heterocycles. The Bertz CT molecular complexity index is 1180. The second kappa shape index (κ2) is 9.85. The van der Waals surface area contributed by atoms with Crippen LogP contribution in [0.5, 0.6) is 0 Å². The average Bonchev–Trinajstić information content (AvgIpc) is 3.27. The number of benzene rings is 1. The third kappa shape index (κ3) is 6.11. The number of amides is 1. The molecule has 0 fully saturated rings. The minimum Gasteiger partial charge on any atom is -0.611 e. The van der Waals surface area contributed by atoms with Gasteiger partial charge in [-0.05, 0) is 50.1 Å². The van der Waals surface area contributed by atoms with Crippen LogP contribution in [0.2, 0.25) is 0 Å². The molecule has 0 aliphatic rings. The van der Waals surface area contributed by atoms with Gasteiger partial charge in [0.2, 0.25) is 0 Å². The molecule has 0 saturated carbocycles. The number of nitrogens with one attached hydrogen (secondary N) is 1. The van der Waals surface area contributed by atoms with E-state index in [1.165, 1.54) is 36.4 Å². The fraction of sp³-hybridized carbons (Fsp3) is 0.333. The fourth-order valence-electron chi connectivity index (χ4n) is 3.06. The molecule has 14 heteroatoms. The lowest BCUT2D eigenvalue weighted by molar-refractivity contribution is -0.143. The number of halogens is 6. The van der Waals surface area contributed by atoms with Gasteiger partial charge < -0.3 is 9.87 Å². The third-order valence-electron chi connectivity index (χ3n) is 4.75. The first-order valence-corrected chi connectivity index (χ1v) is 11.3. The number of carbonyl (C=O) groups excluding carboxylic acids is 1. The number of carbonyl (C=O) groups is 1. The first-order chi connectivity index (χ1) is 16.2. The Morgan fingerprint density at radius 3 is 2.11 bits per heavy atom. The van der Waals surface area contributed by atoms with Crippen LogP contribution in [-0.2, 0) is 23.5 Å². The molecular weight excluding hydrogens is 500 g/mol. The summed E-state index contributed by atoms with van der Waals surface area (Å²) in [6.07, 6.45) is -4.72. The minimum atomic E-state index is -5.09. The third-order valence-corrected chi connectivity index (χ3v) is 6.28. The Morgan fingerprint density at radius 1 is 1.00 bits per heavy atom. The van der Waals surface area contributed by atoms with E-state index in [0.717, 1.165) is 0 Å². The Hall–Kier alpha value is -3.13. The summed E-state index contributed by atoms with van der Waals surface area (Å²) < 4.78 is 92.3. The summed E-state index contributed by atoms with van der Waals surface area (Å²) in [6, 6.07) is -0.360. The van der Waals surface area contributed by atoms with Gasteiger partial charge in [-0.2, -0.15) is 31.4 Å². The number of hydrogen-bond acceptors (Lipinski definition) is 5. The van der Waals surface area contributed by atoms with E-state index in [2.05, 4.69) is 20.4 Å². The van der Waals surface area contributed by atoms with Crippen molar-refractivity contribution in [1.82, 2.24) is 25.1 Å². The number of nitrogens with zero attached hydrogens (tertiary/aromatic N) is 4. The molecule has 1 aromatic carbocycles. The summed E-state index contributed by atoms with van der Waals surface area (Å²) in [5.74, 6) is -1.04. The lowest BCUT2D eigenvalue weighted by Gasteiger charge is -2.18. The number of aromatic nitrogens is 4. The van der Waals surface area contributed by atoms with Gasteiger partial charge in [0, 0.05) is 18.0 Å². The SMILES string of the molecule is CC(NC(=O)c1cc(C(F)(F)F)cc(C(F)(F)F)c1)c1nccnc1-n1cc([S+]([O-])C(C)C)cn1. The van der Waals surface area contributed by atoms with E-state index in [9.17, 15) is 35.7 Å². The van der Waals surface area contributed by atoms with Crippen LogP contribution in [0.4, 0.5) is 26.3 Å². The standard InChI is InChI=1S/C21H19F6N5O2S/c1-11(2)35(34)16-9-30-32(10-16)18-17(28-4-5-29-18)12(3)31-19(33)13-6-14(20(22,23)24)8-15(7-13)21(25,26)27/h4-12H,1-3H3,(H,31,33). The van der Waals surface area contributed by atoms with Crippen molar-refractivity contribution in [3.8, 4) is 5.82 Å². The Kier molecular flexibility index (Phi) is 7.45. The highest BCUT2D eigenvalue weighted by Gasteiger charge is 2.37.